The number of anilines is 1. The first-order valence-electron chi connectivity index (χ1n) is 6.18. The van der Waals surface area contributed by atoms with Crippen LogP contribution in [0.4, 0.5) is 10.2 Å². The Hall–Kier alpha value is -2.03. The van der Waals surface area contributed by atoms with E-state index in [-0.39, 0.29) is 17.3 Å². The highest BCUT2D eigenvalue weighted by molar-refractivity contribution is 7.89. The molecular formula is C13H15FN4O2S. The van der Waals surface area contributed by atoms with Crippen LogP contribution in [0.25, 0.3) is 0 Å². The summed E-state index contributed by atoms with van der Waals surface area (Å²) in [5.74, 6) is 5.18. The Kier molecular flexibility index (Phi) is 4.84. The number of nitrogen functional groups attached to an aromatic ring is 1. The SMILES string of the molecule is NNc1ccc(S(=O)(=O)NCCc2cccc(F)c2)cn1. The van der Waals surface area contributed by atoms with Crippen molar-refractivity contribution in [3.63, 3.8) is 0 Å². The molecule has 0 fully saturated rings. The average Bonchev–Trinajstić information content (AvgIpc) is 2.47. The van der Waals surface area contributed by atoms with E-state index in [1.165, 1.54) is 30.5 Å². The normalized spacial score (nSPS) is 11.3. The molecule has 0 aliphatic rings. The molecule has 8 heteroatoms. The summed E-state index contributed by atoms with van der Waals surface area (Å²) in [5, 5.41) is 0. The van der Waals surface area contributed by atoms with Crippen molar-refractivity contribution in [3.05, 3.63) is 54.0 Å². The zero-order valence-corrected chi connectivity index (χ0v) is 11.9. The zero-order chi connectivity index (χ0) is 15.3. The van der Waals surface area contributed by atoms with Crippen LogP contribution in [0.15, 0.2) is 47.5 Å². The van der Waals surface area contributed by atoms with Gasteiger partial charge in [0.25, 0.3) is 0 Å². The standard InChI is InChI=1S/C13H15FN4O2S/c14-11-3-1-2-10(8-11)6-7-17-21(19,20)12-4-5-13(18-15)16-9-12/h1-5,8-9,17H,6-7,15H2,(H,16,18). The molecule has 1 aromatic carbocycles. The number of hydrogen-bond acceptors (Lipinski definition) is 5. The van der Waals surface area contributed by atoms with Crippen molar-refractivity contribution in [2.24, 2.45) is 5.84 Å². The first kappa shape index (κ1) is 15.4. The van der Waals surface area contributed by atoms with Crippen molar-refractivity contribution in [2.45, 2.75) is 11.3 Å². The number of hydrazine groups is 1. The first-order chi connectivity index (χ1) is 10.0. The van der Waals surface area contributed by atoms with E-state index in [4.69, 9.17) is 5.84 Å². The number of nitrogens with zero attached hydrogens (tertiary/aromatic N) is 1. The minimum Gasteiger partial charge on any atom is -0.308 e. The zero-order valence-electron chi connectivity index (χ0n) is 11.1. The van der Waals surface area contributed by atoms with E-state index < -0.39 is 10.0 Å². The summed E-state index contributed by atoms with van der Waals surface area (Å²) in [6.45, 7) is 0.169. The second kappa shape index (κ2) is 6.61. The minimum atomic E-state index is -3.64. The summed E-state index contributed by atoms with van der Waals surface area (Å²) in [6, 6.07) is 8.89. The summed E-state index contributed by atoms with van der Waals surface area (Å²) in [5.41, 5.74) is 3.03. The third kappa shape index (κ3) is 4.22. The molecular weight excluding hydrogens is 295 g/mol. The van der Waals surface area contributed by atoms with Crippen molar-refractivity contribution in [1.82, 2.24) is 9.71 Å². The number of nitrogens with two attached hydrogens (primary N) is 1. The van der Waals surface area contributed by atoms with Crippen LogP contribution in [0, 0.1) is 5.82 Å². The Morgan fingerprint density at radius 1 is 1.24 bits per heavy atom. The molecule has 0 saturated heterocycles. The lowest BCUT2D eigenvalue weighted by molar-refractivity contribution is 0.581. The van der Waals surface area contributed by atoms with Crippen molar-refractivity contribution in [3.8, 4) is 0 Å². The smallest absolute Gasteiger partial charge is 0.242 e. The second-order valence-corrected chi connectivity index (χ2v) is 6.07. The number of sulfonamides is 1. The van der Waals surface area contributed by atoms with Crippen LogP contribution >= 0.6 is 0 Å². The van der Waals surface area contributed by atoms with Crippen LogP contribution in [0.3, 0.4) is 0 Å². The average molecular weight is 310 g/mol. The van der Waals surface area contributed by atoms with Crippen LogP contribution in [-0.2, 0) is 16.4 Å². The number of halogens is 1. The molecule has 0 saturated carbocycles. The van der Waals surface area contributed by atoms with Crippen LogP contribution in [0.1, 0.15) is 5.56 Å². The van der Waals surface area contributed by atoms with E-state index in [1.807, 2.05) is 0 Å². The van der Waals surface area contributed by atoms with Gasteiger partial charge in [-0.25, -0.2) is 28.4 Å². The Bertz CT molecular complexity index is 704. The van der Waals surface area contributed by atoms with E-state index in [1.54, 1.807) is 12.1 Å². The van der Waals surface area contributed by atoms with E-state index in [2.05, 4.69) is 15.1 Å². The van der Waals surface area contributed by atoms with Crippen molar-refractivity contribution >= 4 is 15.8 Å². The Morgan fingerprint density at radius 3 is 2.67 bits per heavy atom. The van der Waals surface area contributed by atoms with Crippen molar-refractivity contribution < 1.29 is 12.8 Å². The topological polar surface area (TPSA) is 97.1 Å². The van der Waals surface area contributed by atoms with Gasteiger partial charge in [-0.15, -0.1) is 0 Å². The minimum absolute atomic E-state index is 0.0424. The lowest BCUT2D eigenvalue weighted by Gasteiger charge is -2.07. The summed E-state index contributed by atoms with van der Waals surface area (Å²) in [6.07, 6.45) is 1.60. The van der Waals surface area contributed by atoms with Gasteiger partial charge in [-0.05, 0) is 36.2 Å². The molecule has 2 aromatic rings. The molecule has 0 bridgehead atoms. The van der Waals surface area contributed by atoms with Gasteiger partial charge in [-0.1, -0.05) is 12.1 Å². The molecule has 0 aliphatic heterocycles. The Morgan fingerprint density at radius 2 is 2.05 bits per heavy atom. The predicted molar refractivity (Wildman–Crippen MR) is 77.3 cm³/mol. The van der Waals surface area contributed by atoms with Crippen LogP contribution in [-0.4, -0.2) is 19.9 Å². The number of aromatic nitrogens is 1. The van der Waals surface area contributed by atoms with Gasteiger partial charge in [0.2, 0.25) is 10.0 Å². The monoisotopic (exact) mass is 310 g/mol. The maximum absolute atomic E-state index is 13.0. The quantitative estimate of drug-likeness (QED) is 0.547. The van der Waals surface area contributed by atoms with Gasteiger partial charge in [0.05, 0.1) is 0 Å². The van der Waals surface area contributed by atoms with Gasteiger partial charge < -0.3 is 5.43 Å². The molecule has 112 valence electrons. The highest BCUT2D eigenvalue weighted by atomic mass is 32.2. The fraction of sp³-hybridized carbons (Fsp3) is 0.154. The molecule has 21 heavy (non-hydrogen) atoms. The van der Waals surface area contributed by atoms with Crippen LogP contribution < -0.4 is 16.0 Å². The number of hydrogen-bond donors (Lipinski definition) is 3. The maximum atomic E-state index is 13.0. The molecule has 0 atom stereocenters. The third-order valence-electron chi connectivity index (χ3n) is 2.79. The molecule has 1 heterocycles. The summed E-state index contributed by atoms with van der Waals surface area (Å²) in [4.78, 5) is 3.88. The molecule has 0 spiro atoms. The van der Waals surface area contributed by atoms with E-state index in [9.17, 15) is 12.8 Å². The molecule has 0 amide bonds. The van der Waals surface area contributed by atoms with Crippen LogP contribution in [0.2, 0.25) is 0 Å². The van der Waals surface area contributed by atoms with E-state index in [0.717, 1.165) is 5.56 Å². The van der Waals surface area contributed by atoms with Gasteiger partial charge in [0, 0.05) is 12.7 Å². The highest BCUT2D eigenvalue weighted by Gasteiger charge is 2.13. The lowest BCUT2D eigenvalue weighted by atomic mass is 10.1. The van der Waals surface area contributed by atoms with Gasteiger partial charge in [-0.2, -0.15) is 0 Å². The van der Waals surface area contributed by atoms with E-state index in [0.29, 0.717) is 12.2 Å². The summed E-state index contributed by atoms with van der Waals surface area (Å²) in [7, 11) is -3.64. The second-order valence-electron chi connectivity index (χ2n) is 4.30. The molecule has 4 N–H and O–H groups in total. The maximum Gasteiger partial charge on any atom is 0.242 e. The van der Waals surface area contributed by atoms with Gasteiger partial charge >= 0.3 is 0 Å². The lowest BCUT2D eigenvalue weighted by Crippen LogP contribution is -2.26. The molecule has 6 nitrogen and oxygen atoms in total. The fourth-order valence-corrected chi connectivity index (χ4v) is 2.71. The summed E-state index contributed by atoms with van der Waals surface area (Å²) >= 11 is 0. The Balaban J connectivity index is 1.97. The molecule has 1 aromatic heterocycles. The van der Waals surface area contributed by atoms with Gasteiger partial charge in [-0.3, -0.25) is 0 Å². The van der Waals surface area contributed by atoms with Gasteiger partial charge in [0.15, 0.2) is 0 Å². The van der Waals surface area contributed by atoms with Gasteiger partial charge in [0.1, 0.15) is 16.5 Å². The Labute approximate surface area is 122 Å². The number of nitrogens with one attached hydrogen (secondary N) is 2. The van der Waals surface area contributed by atoms with Crippen LogP contribution in [0.5, 0.6) is 0 Å². The summed E-state index contributed by atoms with van der Waals surface area (Å²) < 4.78 is 39.5. The van der Waals surface area contributed by atoms with E-state index >= 15 is 0 Å². The third-order valence-corrected chi connectivity index (χ3v) is 4.24. The number of pyridine rings is 1. The van der Waals surface area contributed by atoms with Crippen molar-refractivity contribution in [1.29, 1.82) is 0 Å². The first-order valence-corrected chi connectivity index (χ1v) is 7.66. The largest absolute Gasteiger partial charge is 0.308 e. The number of rotatable bonds is 6. The predicted octanol–water partition coefficient (Wildman–Crippen LogP) is 1.03. The number of benzene rings is 1. The fourth-order valence-electron chi connectivity index (χ4n) is 1.73. The van der Waals surface area contributed by atoms with Crippen molar-refractivity contribution in [2.75, 3.05) is 12.0 Å². The molecule has 2 rings (SSSR count). The highest BCUT2D eigenvalue weighted by Crippen LogP contribution is 2.10. The molecule has 0 aliphatic carbocycles. The molecule has 0 unspecified atom stereocenters. The molecule has 0 radical (unpaired) electrons.